The first-order chi connectivity index (χ1) is 12.7. The number of allylic oxidation sites excluding steroid dienone is 2. The summed E-state index contributed by atoms with van der Waals surface area (Å²) < 4.78 is 13.0. The Kier molecular flexibility index (Phi) is 10.8. The van der Waals surface area contributed by atoms with E-state index >= 15 is 0 Å². The van der Waals surface area contributed by atoms with E-state index in [1.807, 2.05) is 20.8 Å². The minimum atomic E-state index is -0.474. The molecule has 0 aliphatic carbocycles. The van der Waals surface area contributed by atoms with E-state index < -0.39 is 5.60 Å². The van der Waals surface area contributed by atoms with Crippen LogP contribution in [0.25, 0.3) is 0 Å². The Morgan fingerprint density at radius 3 is 2.52 bits per heavy atom. The van der Waals surface area contributed by atoms with Gasteiger partial charge in [0.25, 0.3) is 0 Å². The van der Waals surface area contributed by atoms with Crippen LogP contribution in [0.4, 0.5) is 0 Å². The van der Waals surface area contributed by atoms with Crippen molar-refractivity contribution in [3.8, 4) is 0 Å². The molecule has 0 unspecified atom stereocenters. The molecule has 0 amide bonds. The van der Waals surface area contributed by atoms with Crippen molar-refractivity contribution in [2.75, 3.05) is 17.6 Å². The number of piperidine rings is 1. The molecule has 1 saturated heterocycles. The molecule has 0 saturated carbocycles. The van der Waals surface area contributed by atoms with Crippen molar-refractivity contribution < 1.29 is 14.3 Å². The van der Waals surface area contributed by atoms with Gasteiger partial charge in [-0.2, -0.15) is 0 Å². The van der Waals surface area contributed by atoms with Crippen LogP contribution in [0.15, 0.2) is 24.1 Å². The number of rotatable bonds is 10. The molecule has 1 fully saturated rings. The highest BCUT2D eigenvalue weighted by atomic mass is 127. The Hall–Kier alpha value is -0.720. The largest absolute Gasteiger partial charge is 0.492 e. The average Bonchev–Trinajstić information content (AvgIpc) is 2.58. The summed E-state index contributed by atoms with van der Waals surface area (Å²) in [4.78, 5) is 15.1. The second kappa shape index (κ2) is 12.0. The zero-order chi connectivity index (χ0) is 20.4. The Morgan fingerprint density at radius 2 is 1.96 bits per heavy atom. The van der Waals surface area contributed by atoms with Crippen LogP contribution in [0, 0.1) is 5.92 Å². The van der Waals surface area contributed by atoms with Crippen LogP contribution >= 0.6 is 22.6 Å². The second-order valence-corrected chi connectivity index (χ2v) is 9.52. The van der Waals surface area contributed by atoms with Gasteiger partial charge in [-0.3, -0.25) is 0 Å². The lowest BCUT2D eigenvalue weighted by atomic mass is 9.97. The lowest BCUT2D eigenvalue weighted by Gasteiger charge is -2.40. The van der Waals surface area contributed by atoms with Gasteiger partial charge in [0.05, 0.1) is 12.3 Å². The summed E-state index contributed by atoms with van der Waals surface area (Å²) in [5, 5.41) is 0. The number of unbranched alkanes of at least 4 members (excludes halogenated alkanes) is 2. The first-order valence-corrected chi connectivity index (χ1v) is 11.8. The van der Waals surface area contributed by atoms with E-state index in [9.17, 15) is 4.79 Å². The second-order valence-electron chi connectivity index (χ2n) is 8.44. The predicted molar refractivity (Wildman–Crippen MR) is 121 cm³/mol. The van der Waals surface area contributed by atoms with Gasteiger partial charge in [0, 0.05) is 6.54 Å². The van der Waals surface area contributed by atoms with Crippen molar-refractivity contribution in [3.63, 3.8) is 0 Å². The molecule has 0 aromatic carbocycles. The molecule has 5 heteroatoms. The molecule has 1 aliphatic rings. The summed E-state index contributed by atoms with van der Waals surface area (Å²) in [5.41, 5.74) is 0.604. The molecule has 0 aromatic rings. The standard InChI is InChI=1S/C22H38INO3/c1-7-19(26-16-12-8-10-14-23)20(17(2)3)24-15-11-9-13-18(24)21(25)27-22(4,5)6/h7,17-18H,1,8-16H2,2-6H3/t18-/m0/s1. The molecule has 0 radical (unpaired) electrons. The highest BCUT2D eigenvalue weighted by Crippen LogP contribution is 2.30. The lowest BCUT2D eigenvalue weighted by molar-refractivity contribution is -0.162. The van der Waals surface area contributed by atoms with E-state index in [0.29, 0.717) is 6.61 Å². The van der Waals surface area contributed by atoms with Crippen LogP contribution in [0.3, 0.4) is 0 Å². The number of halogens is 1. The number of alkyl halides is 1. The fourth-order valence-corrected chi connectivity index (χ4v) is 3.92. The molecule has 0 N–H and O–H groups in total. The normalized spacial score (nSPS) is 18.9. The van der Waals surface area contributed by atoms with E-state index in [-0.39, 0.29) is 17.9 Å². The maximum absolute atomic E-state index is 12.8. The Labute approximate surface area is 179 Å². The van der Waals surface area contributed by atoms with Crippen LogP contribution in [-0.2, 0) is 14.3 Å². The molecule has 156 valence electrons. The van der Waals surface area contributed by atoms with Crippen molar-refractivity contribution in [3.05, 3.63) is 24.1 Å². The fourth-order valence-electron chi connectivity index (χ4n) is 3.39. The molecule has 27 heavy (non-hydrogen) atoms. The third kappa shape index (κ3) is 8.44. The first kappa shape index (κ1) is 24.3. The number of carbonyl (C=O) groups excluding carboxylic acids is 1. The minimum absolute atomic E-state index is 0.134. The molecule has 0 spiro atoms. The van der Waals surface area contributed by atoms with E-state index in [0.717, 1.165) is 43.7 Å². The average molecular weight is 491 g/mol. The first-order valence-electron chi connectivity index (χ1n) is 10.3. The zero-order valence-electron chi connectivity index (χ0n) is 17.9. The van der Waals surface area contributed by atoms with Crippen LogP contribution in [0.2, 0.25) is 0 Å². The van der Waals surface area contributed by atoms with E-state index in [4.69, 9.17) is 9.47 Å². The Balaban J connectivity index is 3.01. The van der Waals surface area contributed by atoms with Gasteiger partial charge in [0.15, 0.2) is 0 Å². The van der Waals surface area contributed by atoms with E-state index in [1.165, 1.54) is 17.3 Å². The van der Waals surface area contributed by atoms with Gasteiger partial charge in [-0.1, -0.05) is 43.0 Å². The quantitative estimate of drug-likeness (QED) is 0.0959. The predicted octanol–water partition coefficient (Wildman–Crippen LogP) is 5.86. The summed E-state index contributed by atoms with van der Waals surface area (Å²) in [5.74, 6) is 0.927. The number of esters is 1. The number of ether oxygens (including phenoxy) is 2. The van der Waals surface area contributed by atoms with Crippen LogP contribution in [0.5, 0.6) is 0 Å². The van der Waals surface area contributed by atoms with Crippen molar-refractivity contribution in [1.29, 1.82) is 0 Å². The van der Waals surface area contributed by atoms with Crippen LogP contribution in [-0.4, -0.2) is 40.1 Å². The number of likely N-dealkylation sites (tertiary alicyclic amines) is 1. The summed E-state index contributed by atoms with van der Waals surface area (Å²) in [6.07, 6.45) is 8.19. The lowest BCUT2D eigenvalue weighted by Crippen LogP contribution is -2.47. The molecule has 0 aromatic heterocycles. The molecular formula is C22H38INO3. The number of hydrogen-bond acceptors (Lipinski definition) is 4. The smallest absolute Gasteiger partial charge is 0.329 e. The summed E-state index contributed by atoms with van der Waals surface area (Å²) in [6, 6.07) is -0.243. The monoisotopic (exact) mass is 491 g/mol. The molecule has 4 nitrogen and oxygen atoms in total. The topological polar surface area (TPSA) is 38.8 Å². The van der Waals surface area contributed by atoms with E-state index in [1.54, 1.807) is 6.08 Å². The highest BCUT2D eigenvalue weighted by Gasteiger charge is 2.35. The Morgan fingerprint density at radius 1 is 1.26 bits per heavy atom. The maximum Gasteiger partial charge on any atom is 0.329 e. The van der Waals surface area contributed by atoms with E-state index in [2.05, 4.69) is 47.9 Å². The van der Waals surface area contributed by atoms with Crippen molar-refractivity contribution in [2.24, 2.45) is 5.92 Å². The van der Waals surface area contributed by atoms with Gasteiger partial charge < -0.3 is 14.4 Å². The van der Waals surface area contributed by atoms with Crippen molar-refractivity contribution in [2.45, 2.75) is 84.8 Å². The molecule has 1 atom stereocenters. The highest BCUT2D eigenvalue weighted by molar-refractivity contribution is 14.1. The molecule has 0 bridgehead atoms. The molecule has 1 aliphatic heterocycles. The van der Waals surface area contributed by atoms with Crippen LogP contribution < -0.4 is 0 Å². The summed E-state index contributed by atoms with van der Waals surface area (Å²) >= 11 is 2.41. The number of hydrogen-bond donors (Lipinski definition) is 0. The zero-order valence-corrected chi connectivity index (χ0v) is 20.0. The summed E-state index contributed by atoms with van der Waals surface area (Å²) in [7, 11) is 0. The SMILES string of the molecule is C=CC(OCCCCCI)=C(C(C)C)N1CCCC[C@H]1C(=O)OC(C)(C)C. The summed E-state index contributed by atoms with van der Waals surface area (Å²) in [6.45, 7) is 15.6. The molecule has 1 heterocycles. The maximum atomic E-state index is 12.8. The van der Waals surface area contributed by atoms with Gasteiger partial charge in [0.1, 0.15) is 17.4 Å². The van der Waals surface area contributed by atoms with Crippen molar-refractivity contribution >= 4 is 28.6 Å². The third-order valence-corrected chi connectivity index (χ3v) is 5.27. The van der Waals surface area contributed by atoms with Gasteiger partial charge in [-0.05, 0) is 75.7 Å². The van der Waals surface area contributed by atoms with Gasteiger partial charge in [-0.15, -0.1) is 0 Å². The third-order valence-electron chi connectivity index (χ3n) is 4.51. The molecular weight excluding hydrogens is 453 g/mol. The minimum Gasteiger partial charge on any atom is -0.492 e. The fraction of sp³-hybridized carbons (Fsp3) is 0.773. The number of nitrogens with zero attached hydrogens (tertiary/aromatic N) is 1. The van der Waals surface area contributed by atoms with Crippen LogP contribution in [0.1, 0.15) is 73.1 Å². The van der Waals surface area contributed by atoms with Gasteiger partial charge in [0.2, 0.25) is 0 Å². The van der Waals surface area contributed by atoms with Gasteiger partial charge >= 0.3 is 5.97 Å². The Bertz CT molecular complexity index is 508. The van der Waals surface area contributed by atoms with Crippen molar-refractivity contribution in [1.82, 2.24) is 4.90 Å². The number of carbonyl (C=O) groups is 1. The molecule has 1 rings (SSSR count). The van der Waals surface area contributed by atoms with Gasteiger partial charge in [-0.25, -0.2) is 4.79 Å².